The van der Waals surface area contributed by atoms with Gasteiger partial charge in [0.2, 0.25) is 5.52 Å². The number of hydrogen-bond acceptors (Lipinski definition) is 5. The number of ether oxygens (including phenoxy) is 1. The maximum atomic E-state index is 5.70. The minimum atomic E-state index is 0. The first-order valence-electron chi connectivity index (χ1n) is 13.4. The van der Waals surface area contributed by atoms with Gasteiger partial charge in [-0.3, -0.25) is 0 Å². The van der Waals surface area contributed by atoms with Crippen molar-refractivity contribution in [2.45, 2.75) is 38.1 Å². The maximum absolute atomic E-state index is 5.70. The lowest BCUT2D eigenvalue weighted by Crippen LogP contribution is -3.00. The number of halogens is 1. The maximum Gasteiger partial charge on any atom is 0.262 e. The molecule has 1 saturated heterocycles. The molecule has 3 aromatic rings. The van der Waals surface area contributed by atoms with Crippen molar-refractivity contribution in [3.05, 3.63) is 93.6 Å². The first-order valence-corrected chi connectivity index (χ1v) is 15.0. The van der Waals surface area contributed by atoms with Gasteiger partial charge in [0.1, 0.15) is 11.2 Å². The Morgan fingerprint density at radius 2 is 1.74 bits per heavy atom. The summed E-state index contributed by atoms with van der Waals surface area (Å²) in [6.45, 7) is 9.94. The van der Waals surface area contributed by atoms with Gasteiger partial charge in [-0.15, -0.1) is 0 Å². The number of benzene rings is 2. The fourth-order valence-corrected chi connectivity index (χ4v) is 7.84. The van der Waals surface area contributed by atoms with E-state index in [4.69, 9.17) is 4.74 Å². The number of rotatable bonds is 6. The van der Waals surface area contributed by atoms with E-state index >= 15 is 0 Å². The molecule has 1 fully saturated rings. The summed E-state index contributed by atoms with van der Waals surface area (Å²) in [4.78, 5) is 6.32. The summed E-state index contributed by atoms with van der Waals surface area (Å²) in [5, 5.41) is 2.63. The van der Waals surface area contributed by atoms with E-state index < -0.39 is 0 Å². The average Bonchev–Trinajstić information content (AvgIpc) is 3.63. The number of aryl methyl sites for hydroxylation is 1. The molecule has 38 heavy (non-hydrogen) atoms. The van der Waals surface area contributed by atoms with E-state index in [0.717, 1.165) is 52.2 Å². The van der Waals surface area contributed by atoms with Gasteiger partial charge in [-0.25, -0.2) is 0 Å². The van der Waals surface area contributed by atoms with E-state index in [1.165, 1.54) is 47.7 Å². The van der Waals surface area contributed by atoms with Crippen LogP contribution in [0.4, 0.5) is 5.69 Å². The Bertz CT molecular complexity index is 1430. The zero-order valence-electron chi connectivity index (χ0n) is 22.0. The van der Waals surface area contributed by atoms with Gasteiger partial charge in [-0.1, -0.05) is 53.4 Å². The topological polar surface area (TPSA) is 19.6 Å². The van der Waals surface area contributed by atoms with Crippen LogP contribution in [0.5, 0.6) is 0 Å². The third-order valence-electron chi connectivity index (χ3n) is 7.36. The fraction of sp³-hybridized carbons (Fsp3) is 0.323. The molecule has 2 aromatic carbocycles. The second-order valence-corrected chi connectivity index (χ2v) is 11.6. The van der Waals surface area contributed by atoms with Crippen LogP contribution in [0.2, 0.25) is 0 Å². The number of fused-ring (bicyclic) bond motifs is 2. The zero-order chi connectivity index (χ0) is 25.2. The molecule has 3 aliphatic rings. The lowest BCUT2D eigenvalue weighted by atomic mass is 10.1. The number of aromatic nitrogens is 1. The molecule has 1 aliphatic carbocycles. The van der Waals surface area contributed by atoms with Crippen LogP contribution < -0.4 is 33.4 Å². The van der Waals surface area contributed by atoms with Crippen molar-refractivity contribution in [1.82, 2.24) is 4.90 Å². The van der Waals surface area contributed by atoms with Crippen molar-refractivity contribution < 1.29 is 33.3 Å². The quantitative estimate of drug-likeness (QED) is 0.296. The van der Waals surface area contributed by atoms with E-state index in [1.54, 1.807) is 0 Å². The van der Waals surface area contributed by atoms with Crippen LogP contribution in [0.3, 0.4) is 0 Å². The van der Waals surface area contributed by atoms with Crippen molar-refractivity contribution in [1.29, 1.82) is 0 Å². The third-order valence-corrected chi connectivity index (χ3v) is 9.62. The number of allylic oxidation sites excluding steroid dienone is 5. The number of para-hydroxylation sites is 2. The van der Waals surface area contributed by atoms with Crippen LogP contribution in [0, 0.1) is 0 Å². The summed E-state index contributed by atoms with van der Waals surface area (Å²) in [6.07, 6.45) is 11.6. The molecule has 0 atom stereocenters. The molecule has 198 valence electrons. The normalized spacial score (nSPS) is 19.8. The number of morpholine rings is 1. The highest BCUT2D eigenvalue weighted by atomic mass is 127. The number of thiazole rings is 1. The molecule has 0 radical (unpaired) electrons. The number of thioether (sulfide) groups is 1. The Morgan fingerprint density at radius 3 is 2.55 bits per heavy atom. The summed E-state index contributed by atoms with van der Waals surface area (Å²) in [6, 6.07) is 17.5. The van der Waals surface area contributed by atoms with Crippen molar-refractivity contribution in [3.63, 3.8) is 0 Å². The molecular formula is C31H34IN3OS2. The molecular weight excluding hydrogens is 621 g/mol. The Balaban J connectivity index is 0.00000294. The molecule has 6 rings (SSSR count). The predicted molar refractivity (Wildman–Crippen MR) is 157 cm³/mol. The summed E-state index contributed by atoms with van der Waals surface area (Å²) >= 11 is 3.76. The lowest BCUT2D eigenvalue weighted by Gasteiger charge is -2.31. The standard InChI is InChI=1S/C31H34N3OS2.HI/c1-3-33-25-9-5-7-11-27(25)36-29(33)17-15-23-13-14-24(31(23)32-19-21-35-22-20-32)16-18-30-34(4-2)26-10-6-8-12-28(26)37-30;/h5-12,15-18H,3-4,13-14,19-22H2,1-2H3;1H/q+1;/p-1. The van der Waals surface area contributed by atoms with Crippen LogP contribution >= 0.6 is 23.1 Å². The van der Waals surface area contributed by atoms with E-state index in [0.29, 0.717) is 0 Å². The van der Waals surface area contributed by atoms with Crippen molar-refractivity contribution in [2.75, 3.05) is 37.7 Å². The summed E-state index contributed by atoms with van der Waals surface area (Å²) in [5.74, 6) is 0. The minimum Gasteiger partial charge on any atom is -1.00 e. The van der Waals surface area contributed by atoms with Crippen molar-refractivity contribution in [2.24, 2.45) is 0 Å². The van der Waals surface area contributed by atoms with Crippen LogP contribution in [0.25, 0.3) is 16.3 Å². The molecule has 0 unspecified atom stereocenters. The molecule has 4 nitrogen and oxygen atoms in total. The monoisotopic (exact) mass is 655 g/mol. The number of nitrogens with zero attached hydrogens (tertiary/aromatic N) is 3. The van der Waals surface area contributed by atoms with Gasteiger partial charge in [0.15, 0.2) is 0 Å². The van der Waals surface area contributed by atoms with Crippen LogP contribution in [-0.2, 0) is 11.3 Å². The zero-order valence-corrected chi connectivity index (χ0v) is 25.8. The fourth-order valence-electron chi connectivity index (χ4n) is 5.58. The smallest absolute Gasteiger partial charge is 0.262 e. The minimum absolute atomic E-state index is 0. The van der Waals surface area contributed by atoms with Gasteiger partial charge >= 0.3 is 0 Å². The molecule has 0 N–H and O–H groups in total. The van der Waals surface area contributed by atoms with Gasteiger partial charge in [0.25, 0.3) is 5.01 Å². The van der Waals surface area contributed by atoms with Crippen LogP contribution in [0.1, 0.15) is 31.7 Å². The van der Waals surface area contributed by atoms with Crippen LogP contribution in [0.15, 0.2) is 93.5 Å². The predicted octanol–water partition coefficient (Wildman–Crippen LogP) is 4.01. The molecule has 0 amide bonds. The average molecular weight is 656 g/mol. The molecule has 0 spiro atoms. The highest BCUT2D eigenvalue weighted by molar-refractivity contribution is 8.03. The number of hydrogen-bond donors (Lipinski definition) is 0. The second-order valence-electron chi connectivity index (χ2n) is 9.47. The van der Waals surface area contributed by atoms with Gasteiger partial charge < -0.3 is 38.5 Å². The second kappa shape index (κ2) is 12.4. The van der Waals surface area contributed by atoms with Gasteiger partial charge in [0, 0.05) is 42.4 Å². The first-order chi connectivity index (χ1) is 18.3. The summed E-state index contributed by atoms with van der Waals surface area (Å²) in [5.41, 5.74) is 6.96. The SMILES string of the molecule is CCN1/C(=C/C=C2\CCC(/C=C/c3sc4ccccc4[n+]3CC)=C2N2CCOCC2)Sc2ccccc21.[I-]. The third kappa shape index (κ3) is 5.35. The molecule has 0 saturated carbocycles. The first kappa shape index (κ1) is 27.5. The van der Waals surface area contributed by atoms with E-state index in [1.807, 2.05) is 23.1 Å². The summed E-state index contributed by atoms with van der Waals surface area (Å²) in [7, 11) is 0. The molecule has 0 bridgehead atoms. The lowest BCUT2D eigenvalue weighted by molar-refractivity contribution is -0.665. The van der Waals surface area contributed by atoms with E-state index in [-0.39, 0.29) is 24.0 Å². The van der Waals surface area contributed by atoms with Gasteiger partial charge in [-0.05, 0) is 68.2 Å². The van der Waals surface area contributed by atoms with Crippen molar-refractivity contribution >= 4 is 45.1 Å². The Hall–Kier alpha value is -2.07. The van der Waals surface area contributed by atoms with Gasteiger partial charge in [-0.2, -0.15) is 4.57 Å². The summed E-state index contributed by atoms with van der Waals surface area (Å²) < 4.78 is 9.48. The van der Waals surface area contributed by atoms with Crippen molar-refractivity contribution in [3.8, 4) is 0 Å². The van der Waals surface area contributed by atoms with Gasteiger partial charge in [0.05, 0.1) is 23.9 Å². The highest BCUT2D eigenvalue weighted by Crippen LogP contribution is 2.46. The highest BCUT2D eigenvalue weighted by Gasteiger charge is 2.27. The Kier molecular flexibility index (Phi) is 8.98. The largest absolute Gasteiger partial charge is 1.00 e. The molecule has 2 aliphatic heterocycles. The van der Waals surface area contributed by atoms with E-state index in [9.17, 15) is 0 Å². The van der Waals surface area contributed by atoms with E-state index in [2.05, 4.69) is 101 Å². The molecule has 1 aromatic heterocycles. The Morgan fingerprint density at radius 1 is 0.947 bits per heavy atom. The number of anilines is 1. The van der Waals surface area contributed by atoms with Crippen LogP contribution in [-0.4, -0.2) is 37.7 Å². The Labute approximate surface area is 251 Å². The molecule has 7 heteroatoms. The molecule has 3 heterocycles.